The summed E-state index contributed by atoms with van der Waals surface area (Å²) in [4.78, 5) is 27.5. The molecule has 1 atom stereocenters. The molecular formula is C20H26N2O2S. The van der Waals surface area contributed by atoms with Crippen molar-refractivity contribution < 1.29 is 9.59 Å². The number of nitrogens with zero attached hydrogens (tertiary/aromatic N) is 1. The number of thiophene rings is 1. The number of hydrogen-bond donors (Lipinski definition) is 1. The molecule has 1 aliphatic rings. The smallest absolute Gasteiger partial charge is 0.261 e. The van der Waals surface area contributed by atoms with Gasteiger partial charge in [0.05, 0.1) is 4.88 Å². The zero-order valence-corrected chi connectivity index (χ0v) is 16.0. The van der Waals surface area contributed by atoms with Gasteiger partial charge < -0.3 is 10.2 Å². The number of nitrogens with one attached hydrogen (secondary N) is 1. The molecule has 0 radical (unpaired) electrons. The molecule has 1 saturated heterocycles. The Balaban J connectivity index is 1.98. The fourth-order valence-corrected chi connectivity index (χ4v) is 4.81. The van der Waals surface area contributed by atoms with Gasteiger partial charge in [-0.25, -0.2) is 0 Å². The minimum absolute atomic E-state index is 0.00335. The standard InChI is InChI=1S/C20H26N2O2S/c1-13(2)21-20(24)19-17(16-9-4-5-10-18(16)25-19)12-15-8-6-7-11-22(15)14(3)23/h4-5,9-10,13,15H,6-8,11-12H2,1-3H3,(H,21,24)/t15-/m0/s1. The monoisotopic (exact) mass is 358 g/mol. The van der Waals surface area contributed by atoms with E-state index in [-0.39, 0.29) is 23.9 Å². The van der Waals surface area contributed by atoms with E-state index in [9.17, 15) is 9.59 Å². The van der Waals surface area contributed by atoms with Crippen LogP contribution in [0.2, 0.25) is 0 Å². The third kappa shape index (κ3) is 3.87. The lowest BCUT2D eigenvalue weighted by Gasteiger charge is -2.35. The summed E-state index contributed by atoms with van der Waals surface area (Å²) in [6.07, 6.45) is 3.98. The van der Waals surface area contributed by atoms with Crippen LogP contribution in [0.1, 0.15) is 55.3 Å². The molecule has 1 aliphatic heterocycles. The fourth-order valence-electron chi connectivity index (χ4n) is 3.68. The topological polar surface area (TPSA) is 49.4 Å². The largest absolute Gasteiger partial charge is 0.349 e. The van der Waals surface area contributed by atoms with Crippen molar-refractivity contribution in [2.24, 2.45) is 0 Å². The van der Waals surface area contributed by atoms with Gasteiger partial charge in [0.25, 0.3) is 5.91 Å². The second-order valence-electron chi connectivity index (χ2n) is 7.10. The van der Waals surface area contributed by atoms with Crippen LogP contribution in [-0.2, 0) is 11.2 Å². The Kier molecular flexibility index (Phi) is 5.42. The summed E-state index contributed by atoms with van der Waals surface area (Å²) in [6.45, 7) is 6.43. The summed E-state index contributed by atoms with van der Waals surface area (Å²) in [5.41, 5.74) is 1.09. The van der Waals surface area contributed by atoms with E-state index in [1.54, 1.807) is 18.3 Å². The van der Waals surface area contributed by atoms with Crippen LogP contribution in [0.3, 0.4) is 0 Å². The number of carbonyl (C=O) groups excluding carboxylic acids is 2. The van der Waals surface area contributed by atoms with Crippen LogP contribution in [-0.4, -0.2) is 35.3 Å². The van der Waals surface area contributed by atoms with Crippen LogP contribution in [0.4, 0.5) is 0 Å². The van der Waals surface area contributed by atoms with Gasteiger partial charge in [-0.1, -0.05) is 18.2 Å². The van der Waals surface area contributed by atoms with Crippen LogP contribution in [0.5, 0.6) is 0 Å². The van der Waals surface area contributed by atoms with Crippen LogP contribution in [0.25, 0.3) is 10.1 Å². The number of fused-ring (bicyclic) bond motifs is 1. The number of piperidine rings is 1. The number of benzene rings is 1. The van der Waals surface area contributed by atoms with Gasteiger partial charge in [0.1, 0.15) is 0 Å². The Labute approximate surface area is 153 Å². The summed E-state index contributed by atoms with van der Waals surface area (Å²) in [6, 6.07) is 8.48. The molecular weight excluding hydrogens is 332 g/mol. The van der Waals surface area contributed by atoms with Crippen LogP contribution < -0.4 is 5.32 Å². The number of likely N-dealkylation sites (tertiary alicyclic amines) is 1. The first-order valence-electron chi connectivity index (χ1n) is 9.06. The first-order chi connectivity index (χ1) is 12.0. The van der Waals surface area contributed by atoms with Crippen LogP contribution >= 0.6 is 11.3 Å². The molecule has 134 valence electrons. The van der Waals surface area contributed by atoms with Crippen LogP contribution in [0.15, 0.2) is 24.3 Å². The van der Waals surface area contributed by atoms with E-state index in [2.05, 4.69) is 17.4 Å². The second-order valence-corrected chi connectivity index (χ2v) is 8.15. The quantitative estimate of drug-likeness (QED) is 0.899. The van der Waals surface area contributed by atoms with E-state index < -0.39 is 0 Å². The summed E-state index contributed by atoms with van der Waals surface area (Å²) >= 11 is 1.56. The van der Waals surface area contributed by atoms with Crippen molar-refractivity contribution in [1.82, 2.24) is 10.2 Å². The molecule has 0 aliphatic carbocycles. The predicted molar refractivity (Wildman–Crippen MR) is 103 cm³/mol. The zero-order chi connectivity index (χ0) is 18.0. The summed E-state index contributed by atoms with van der Waals surface area (Å²) in [5, 5.41) is 4.17. The fraction of sp³-hybridized carbons (Fsp3) is 0.500. The van der Waals surface area contributed by atoms with Crippen molar-refractivity contribution in [3.05, 3.63) is 34.7 Å². The highest BCUT2D eigenvalue weighted by Gasteiger charge is 2.28. The molecule has 25 heavy (non-hydrogen) atoms. The number of carbonyl (C=O) groups is 2. The Bertz CT molecular complexity index is 781. The average molecular weight is 359 g/mol. The van der Waals surface area contributed by atoms with Crippen molar-refractivity contribution >= 4 is 33.2 Å². The zero-order valence-electron chi connectivity index (χ0n) is 15.2. The molecule has 3 rings (SSSR count). The van der Waals surface area contributed by atoms with Gasteiger partial charge >= 0.3 is 0 Å². The van der Waals surface area contributed by atoms with Crippen LogP contribution in [0, 0.1) is 0 Å². The Hall–Kier alpha value is -1.88. The summed E-state index contributed by atoms with van der Waals surface area (Å²) in [5.74, 6) is 0.133. The average Bonchev–Trinajstić information content (AvgIpc) is 2.93. The predicted octanol–water partition coefficient (Wildman–Crippen LogP) is 3.98. The molecule has 2 heterocycles. The van der Waals surface area contributed by atoms with E-state index in [4.69, 9.17) is 0 Å². The molecule has 1 N–H and O–H groups in total. The number of hydrogen-bond acceptors (Lipinski definition) is 3. The highest BCUT2D eigenvalue weighted by Crippen LogP contribution is 2.34. The Morgan fingerprint density at radius 2 is 2.04 bits per heavy atom. The maximum atomic E-state index is 12.7. The highest BCUT2D eigenvalue weighted by atomic mass is 32.1. The van der Waals surface area contributed by atoms with Crippen molar-refractivity contribution in [3.8, 4) is 0 Å². The minimum Gasteiger partial charge on any atom is -0.349 e. The molecule has 0 bridgehead atoms. The summed E-state index contributed by atoms with van der Waals surface area (Å²) in [7, 11) is 0. The highest BCUT2D eigenvalue weighted by molar-refractivity contribution is 7.21. The first kappa shape index (κ1) is 17.9. The van der Waals surface area contributed by atoms with Crippen molar-refractivity contribution in [1.29, 1.82) is 0 Å². The van der Waals surface area contributed by atoms with Gasteiger partial charge in [-0.2, -0.15) is 0 Å². The summed E-state index contributed by atoms with van der Waals surface area (Å²) < 4.78 is 1.14. The van der Waals surface area contributed by atoms with Gasteiger partial charge in [0.15, 0.2) is 0 Å². The molecule has 1 aromatic heterocycles. The molecule has 0 spiro atoms. The van der Waals surface area contributed by atoms with Gasteiger partial charge in [0, 0.05) is 30.3 Å². The molecule has 5 heteroatoms. The third-order valence-electron chi connectivity index (χ3n) is 4.80. The van der Waals surface area contributed by atoms with E-state index in [0.29, 0.717) is 0 Å². The lowest BCUT2D eigenvalue weighted by atomic mass is 9.94. The Morgan fingerprint density at radius 3 is 2.76 bits per heavy atom. The lowest BCUT2D eigenvalue weighted by molar-refractivity contribution is -0.132. The first-order valence-corrected chi connectivity index (χ1v) is 9.87. The molecule has 1 aromatic carbocycles. The maximum absolute atomic E-state index is 12.7. The molecule has 0 unspecified atom stereocenters. The third-order valence-corrected chi connectivity index (χ3v) is 6.01. The van der Waals surface area contributed by atoms with Crippen molar-refractivity contribution in [2.75, 3.05) is 6.54 Å². The van der Waals surface area contributed by atoms with E-state index in [1.165, 1.54) is 0 Å². The van der Waals surface area contributed by atoms with Gasteiger partial charge in [-0.05, 0) is 56.5 Å². The maximum Gasteiger partial charge on any atom is 0.261 e. The minimum atomic E-state index is -0.00335. The number of amides is 2. The molecule has 2 aromatic rings. The van der Waals surface area contributed by atoms with Gasteiger partial charge in [-0.15, -0.1) is 11.3 Å². The number of rotatable bonds is 4. The van der Waals surface area contributed by atoms with E-state index in [0.717, 1.165) is 52.8 Å². The van der Waals surface area contributed by atoms with Crippen molar-refractivity contribution in [3.63, 3.8) is 0 Å². The van der Waals surface area contributed by atoms with E-state index >= 15 is 0 Å². The van der Waals surface area contributed by atoms with Gasteiger partial charge in [0.2, 0.25) is 5.91 Å². The molecule has 4 nitrogen and oxygen atoms in total. The van der Waals surface area contributed by atoms with E-state index in [1.807, 2.05) is 30.9 Å². The molecule has 0 saturated carbocycles. The normalized spacial score (nSPS) is 17.9. The second kappa shape index (κ2) is 7.56. The lowest BCUT2D eigenvalue weighted by Crippen LogP contribution is -2.44. The van der Waals surface area contributed by atoms with Gasteiger partial charge in [-0.3, -0.25) is 9.59 Å². The van der Waals surface area contributed by atoms with Crippen molar-refractivity contribution in [2.45, 2.75) is 58.5 Å². The Morgan fingerprint density at radius 1 is 1.28 bits per heavy atom. The SMILES string of the molecule is CC(=O)N1CCCC[C@H]1Cc1c(C(=O)NC(C)C)sc2ccccc12. The molecule has 2 amide bonds. The molecule has 1 fully saturated rings.